The molecular weight excluding hydrogens is 484 g/mol. The van der Waals surface area contributed by atoms with Crippen LogP contribution in [0.3, 0.4) is 0 Å². The molecule has 1 amide bonds. The summed E-state index contributed by atoms with van der Waals surface area (Å²) in [6.07, 6.45) is 6.15. The van der Waals surface area contributed by atoms with E-state index < -0.39 is 0 Å². The number of methoxy groups -OCH3 is 2. The number of carbonyl (C=O) groups excluding carboxylic acids is 1. The molecule has 0 bridgehead atoms. The van der Waals surface area contributed by atoms with E-state index in [-0.39, 0.29) is 18.4 Å². The third-order valence-electron chi connectivity index (χ3n) is 6.12. The van der Waals surface area contributed by atoms with E-state index >= 15 is 0 Å². The molecule has 0 unspecified atom stereocenters. The van der Waals surface area contributed by atoms with Crippen LogP contribution in [0.15, 0.2) is 53.7 Å². The van der Waals surface area contributed by atoms with E-state index in [4.69, 9.17) is 15.2 Å². The molecule has 11 heteroatoms. The monoisotopic (exact) mass is 516 g/mol. The van der Waals surface area contributed by atoms with E-state index in [1.54, 1.807) is 32.5 Å². The number of carbonyl (C=O) groups is 1. The van der Waals surface area contributed by atoms with Crippen molar-refractivity contribution in [3.05, 3.63) is 59.9 Å². The Labute approximate surface area is 222 Å². The van der Waals surface area contributed by atoms with Gasteiger partial charge in [0.05, 0.1) is 26.5 Å². The lowest BCUT2D eigenvalue weighted by atomic mass is 10.1. The molecule has 0 aliphatic carbocycles. The summed E-state index contributed by atoms with van der Waals surface area (Å²) in [5, 5.41) is 2.82. The number of nitrogens with one attached hydrogen (secondary N) is 1. The molecule has 4 rings (SSSR count). The van der Waals surface area contributed by atoms with Crippen LogP contribution >= 0.6 is 0 Å². The molecule has 3 aromatic rings. The molecule has 1 aliphatic heterocycles. The van der Waals surface area contributed by atoms with Crippen LogP contribution < -0.4 is 25.4 Å². The van der Waals surface area contributed by atoms with E-state index in [1.165, 1.54) is 0 Å². The second-order valence-corrected chi connectivity index (χ2v) is 8.62. The maximum atomic E-state index is 12.4. The second-order valence-electron chi connectivity index (χ2n) is 8.62. The van der Waals surface area contributed by atoms with E-state index in [2.05, 4.69) is 41.8 Å². The summed E-state index contributed by atoms with van der Waals surface area (Å²) < 4.78 is 10.7. The van der Waals surface area contributed by atoms with Gasteiger partial charge in [-0.1, -0.05) is 18.2 Å². The summed E-state index contributed by atoms with van der Waals surface area (Å²) in [4.78, 5) is 33.8. The van der Waals surface area contributed by atoms with Crippen molar-refractivity contribution in [1.29, 1.82) is 0 Å². The van der Waals surface area contributed by atoms with Crippen molar-refractivity contribution in [3.8, 4) is 11.5 Å². The number of aromatic nitrogens is 3. The third-order valence-corrected chi connectivity index (χ3v) is 6.12. The van der Waals surface area contributed by atoms with E-state index in [1.807, 2.05) is 36.4 Å². The average molecular weight is 517 g/mol. The van der Waals surface area contributed by atoms with E-state index in [9.17, 15) is 4.79 Å². The number of ether oxygens (including phenoxy) is 2. The molecule has 38 heavy (non-hydrogen) atoms. The number of benzene rings is 1. The summed E-state index contributed by atoms with van der Waals surface area (Å²) in [6, 6.07) is 11.2. The number of amides is 1. The van der Waals surface area contributed by atoms with Crippen LogP contribution in [-0.2, 0) is 11.2 Å². The lowest BCUT2D eigenvalue weighted by Crippen LogP contribution is -2.49. The number of aliphatic imine (C=N–C) groups is 1. The van der Waals surface area contributed by atoms with Gasteiger partial charge in [-0.05, 0) is 49.0 Å². The van der Waals surface area contributed by atoms with Crippen LogP contribution in [0.1, 0.15) is 11.3 Å². The van der Waals surface area contributed by atoms with Gasteiger partial charge in [0.1, 0.15) is 11.5 Å². The van der Waals surface area contributed by atoms with Gasteiger partial charge in [-0.2, -0.15) is 4.98 Å². The predicted octanol–water partition coefficient (Wildman–Crippen LogP) is 2.82. The highest BCUT2D eigenvalue weighted by Gasteiger charge is 2.23. The molecule has 0 spiro atoms. The fourth-order valence-electron chi connectivity index (χ4n) is 4.22. The maximum absolute atomic E-state index is 12.4. The molecule has 3 N–H and O–H groups in total. The van der Waals surface area contributed by atoms with Gasteiger partial charge in [-0.25, -0.2) is 9.97 Å². The van der Waals surface area contributed by atoms with Crippen molar-refractivity contribution in [2.24, 2.45) is 4.99 Å². The van der Waals surface area contributed by atoms with Gasteiger partial charge in [0, 0.05) is 32.4 Å². The quantitative estimate of drug-likeness (QED) is 0.391. The Balaban J connectivity index is 1.40. The van der Waals surface area contributed by atoms with Crippen molar-refractivity contribution in [2.75, 3.05) is 62.9 Å². The van der Waals surface area contributed by atoms with Crippen molar-refractivity contribution in [2.45, 2.75) is 6.42 Å². The number of rotatable bonds is 10. The van der Waals surface area contributed by atoms with Gasteiger partial charge in [0.2, 0.25) is 11.9 Å². The standard InChI is InChI=1S/C27H32N8O3/c1-29-25-20(8-6-7-19-10-11-21(37-2)22(17-19)38-3)31-27(28)33-26(25)35-15-13-34(14-16-35)18-24(36)32-23-9-4-5-12-30-23/h4-6,8-12,17H,1,7,13-16,18H2,2-3H3,(H2,28,31,33)(H,30,32,36)/b8-6-. The topological polar surface area (TPSA) is 131 Å². The van der Waals surface area contributed by atoms with Crippen molar-refractivity contribution >= 4 is 42.0 Å². The predicted molar refractivity (Wildman–Crippen MR) is 149 cm³/mol. The van der Waals surface area contributed by atoms with Crippen molar-refractivity contribution in [3.63, 3.8) is 0 Å². The molecule has 0 saturated carbocycles. The summed E-state index contributed by atoms with van der Waals surface area (Å²) >= 11 is 0. The summed E-state index contributed by atoms with van der Waals surface area (Å²) in [7, 11) is 3.22. The lowest BCUT2D eigenvalue weighted by molar-refractivity contribution is -0.117. The largest absolute Gasteiger partial charge is 0.493 e. The Morgan fingerprint density at radius 3 is 2.61 bits per heavy atom. The first-order valence-corrected chi connectivity index (χ1v) is 12.2. The first kappa shape index (κ1) is 26.6. The van der Waals surface area contributed by atoms with Crippen LogP contribution in [-0.4, -0.2) is 79.4 Å². The van der Waals surface area contributed by atoms with Gasteiger partial charge < -0.3 is 25.4 Å². The minimum atomic E-state index is -0.0984. The van der Waals surface area contributed by atoms with Crippen LogP contribution in [0.25, 0.3) is 6.08 Å². The molecule has 0 radical (unpaired) electrons. The molecule has 198 valence electrons. The third kappa shape index (κ3) is 6.62. The summed E-state index contributed by atoms with van der Waals surface area (Å²) in [5.41, 5.74) is 8.29. The highest BCUT2D eigenvalue weighted by molar-refractivity contribution is 5.91. The number of hydrogen-bond acceptors (Lipinski definition) is 10. The van der Waals surface area contributed by atoms with Gasteiger partial charge in [0.15, 0.2) is 17.3 Å². The summed E-state index contributed by atoms with van der Waals surface area (Å²) in [5.74, 6) is 2.60. The molecule has 1 aromatic carbocycles. The Morgan fingerprint density at radius 2 is 1.92 bits per heavy atom. The van der Waals surface area contributed by atoms with Crippen LogP contribution in [0.5, 0.6) is 11.5 Å². The number of nitrogens with two attached hydrogens (primary N) is 1. The van der Waals surface area contributed by atoms with Crippen molar-refractivity contribution < 1.29 is 14.3 Å². The molecule has 1 aliphatic rings. The van der Waals surface area contributed by atoms with Gasteiger partial charge in [-0.3, -0.25) is 14.7 Å². The van der Waals surface area contributed by atoms with Crippen LogP contribution in [0.2, 0.25) is 0 Å². The molecule has 1 fully saturated rings. The number of nitrogen functional groups attached to an aromatic ring is 1. The summed E-state index contributed by atoms with van der Waals surface area (Å²) in [6.45, 7) is 6.71. The first-order chi connectivity index (χ1) is 18.5. The fraction of sp³-hybridized carbons (Fsp3) is 0.296. The average Bonchev–Trinajstić information content (AvgIpc) is 2.93. The van der Waals surface area contributed by atoms with Gasteiger partial charge in [-0.15, -0.1) is 0 Å². The van der Waals surface area contributed by atoms with Gasteiger partial charge >= 0.3 is 0 Å². The molecule has 0 atom stereocenters. The molecule has 3 heterocycles. The molecule has 2 aromatic heterocycles. The molecule has 1 saturated heterocycles. The van der Waals surface area contributed by atoms with Crippen LogP contribution in [0.4, 0.5) is 23.3 Å². The SMILES string of the molecule is C=Nc1c(/C=C\Cc2ccc(OC)c(OC)c2)nc(N)nc1N1CCN(CC(=O)Nc2ccccn2)CC1. The Kier molecular flexibility index (Phi) is 8.83. The first-order valence-electron chi connectivity index (χ1n) is 12.2. The normalized spacial score (nSPS) is 13.9. The highest BCUT2D eigenvalue weighted by Crippen LogP contribution is 2.32. The minimum absolute atomic E-state index is 0.0984. The van der Waals surface area contributed by atoms with E-state index in [0.717, 1.165) is 5.56 Å². The molecule has 11 nitrogen and oxygen atoms in total. The highest BCUT2D eigenvalue weighted by atomic mass is 16.5. The van der Waals surface area contributed by atoms with Crippen molar-refractivity contribution in [1.82, 2.24) is 19.9 Å². The maximum Gasteiger partial charge on any atom is 0.239 e. The zero-order chi connectivity index (χ0) is 26.9. The second kappa shape index (κ2) is 12.6. The number of hydrogen-bond donors (Lipinski definition) is 2. The smallest absolute Gasteiger partial charge is 0.239 e. The van der Waals surface area contributed by atoms with Gasteiger partial charge in [0.25, 0.3) is 0 Å². The number of anilines is 3. The Hall–Kier alpha value is -4.51. The molecular formula is C27H32N8O3. The minimum Gasteiger partial charge on any atom is -0.493 e. The van der Waals surface area contributed by atoms with E-state index in [0.29, 0.717) is 67.1 Å². The Morgan fingerprint density at radius 1 is 1.13 bits per heavy atom. The van der Waals surface area contributed by atoms with Crippen LogP contribution in [0, 0.1) is 0 Å². The number of nitrogens with zero attached hydrogens (tertiary/aromatic N) is 6. The lowest BCUT2D eigenvalue weighted by Gasteiger charge is -2.35. The number of allylic oxidation sites excluding steroid dienone is 1. The Bertz CT molecular complexity index is 1290. The zero-order valence-electron chi connectivity index (χ0n) is 21.6. The fourth-order valence-corrected chi connectivity index (χ4v) is 4.22. The zero-order valence-corrected chi connectivity index (χ0v) is 21.6. The number of piperazine rings is 1. The number of pyridine rings is 1.